The summed E-state index contributed by atoms with van der Waals surface area (Å²) in [6, 6.07) is 3.16. The molecule has 0 radical (unpaired) electrons. The van der Waals surface area contributed by atoms with Gasteiger partial charge in [0.15, 0.2) is 5.75 Å². The quantitative estimate of drug-likeness (QED) is 0.231. The second-order valence-corrected chi connectivity index (χ2v) is 11.3. The number of aromatic nitrogens is 5. The molecule has 3 aromatic heterocycles. The molecule has 2 aliphatic heterocycles. The number of halogens is 3. The smallest absolute Gasteiger partial charge is 0.319 e. The Morgan fingerprint density at radius 1 is 1.21 bits per heavy atom. The van der Waals surface area contributed by atoms with Crippen LogP contribution in [0.15, 0.2) is 31.0 Å². The number of aromatic amines is 1. The number of hydrogen-bond donors (Lipinski definition) is 1. The molecule has 5 heterocycles. The molecule has 220 valence electrons. The Hall–Kier alpha value is -3.74. The maximum Gasteiger partial charge on any atom is 0.319 e. The molecule has 0 saturated carbocycles. The van der Waals surface area contributed by atoms with Crippen molar-refractivity contribution < 1.29 is 18.7 Å². The number of ether oxygens (including phenoxy) is 2. The van der Waals surface area contributed by atoms with Crippen LogP contribution < -0.4 is 14.4 Å². The number of benzene rings is 1. The molecule has 1 amide bonds. The maximum absolute atomic E-state index is 14.7. The van der Waals surface area contributed by atoms with E-state index in [2.05, 4.69) is 43.6 Å². The average Bonchev–Trinajstić information content (AvgIpc) is 3.61. The number of pyridine rings is 1. The van der Waals surface area contributed by atoms with Crippen LogP contribution in [0.4, 0.5) is 10.2 Å². The highest BCUT2D eigenvalue weighted by Crippen LogP contribution is 2.41. The van der Waals surface area contributed by atoms with Crippen molar-refractivity contribution in [1.29, 1.82) is 0 Å². The number of fused-ring (bicyclic) bond motifs is 2. The van der Waals surface area contributed by atoms with E-state index in [1.165, 1.54) is 18.3 Å². The van der Waals surface area contributed by atoms with Gasteiger partial charge in [-0.25, -0.2) is 4.39 Å². The van der Waals surface area contributed by atoms with Gasteiger partial charge >= 0.3 is 6.01 Å². The van der Waals surface area contributed by atoms with Gasteiger partial charge < -0.3 is 24.2 Å². The highest BCUT2D eigenvalue weighted by Gasteiger charge is 2.30. The number of hydrogen-bond acceptors (Lipinski definition) is 9. The minimum absolute atomic E-state index is 0.00695. The number of piperazine rings is 1. The monoisotopic (exact) mass is 614 g/mol. The van der Waals surface area contributed by atoms with Crippen LogP contribution in [-0.4, -0.2) is 92.8 Å². The molecule has 0 spiro atoms. The van der Waals surface area contributed by atoms with E-state index < -0.39 is 5.82 Å². The Balaban J connectivity index is 1.44. The molecule has 11 nitrogen and oxygen atoms in total. The van der Waals surface area contributed by atoms with E-state index in [4.69, 9.17) is 37.7 Å². The molecule has 2 atom stereocenters. The summed E-state index contributed by atoms with van der Waals surface area (Å²) in [4.78, 5) is 32.3. The molecule has 14 heteroatoms. The van der Waals surface area contributed by atoms with E-state index in [1.807, 2.05) is 6.92 Å². The topological polar surface area (TPSA) is 113 Å². The van der Waals surface area contributed by atoms with Crippen LogP contribution in [0.3, 0.4) is 0 Å². The van der Waals surface area contributed by atoms with Gasteiger partial charge in [0, 0.05) is 37.8 Å². The van der Waals surface area contributed by atoms with Crippen LogP contribution in [-0.2, 0) is 4.79 Å². The largest absolute Gasteiger partial charge is 0.462 e. The van der Waals surface area contributed by atoms with Crippen molar-refractivity contribution in [3.63, 3.8) is 0 Å². The standard InChI is InChI=1S/C28H29Cl2FN8O3/c1-4-22(40)39-9-8-38(13-15(39)2)26-17-10-21(29)33-27(42-25-18-12-32-36-20(18)11-19(31)23(25)30)24(17)34-28(35-26)41-14-16-6-5-7-37(16)3/h4,10-12,15-16H,1,5-9,13-14H2,2-3H3,(H,32,36)/t15-,16-/m0/s1. The summed E-state index contributed by atoms with van der Waals surface area (Å²) in [6.07, 6.45) is 4.91. The second kappa shape index (κ2) is 11.5. The lowest BCUT2D eigenvalue weighted by atomic mass is 10.1. The Morgan fingerprint density at radius 2 is 2.05 bits per heavy atom. The van der Waals surface area contributed by atoms with Crippen LogP contribution in [0.1, 0.15) is 19.8 Å². The summed E-state index contributed by atoms with van der Waals surface area (Å²) in [7, 11) is 2.07. The summed E-state index contributed by atoms with van der Waals surface area (Å²) in [5.41, 5.74) is 0.715. The molecular formula is C28H29Cl2FN8O3. The van der Waals surface area contributed by atoms with Gasteiger partial charge in [0.1, 0.15) is 33.9 Å². The molecule has 0 aliphatic carbocycles. The fourth-order valence-corrected chi connectivity index (χ4v) is 5.95. The summed E-state index contributed by atoms with van der Waals surface area (Å²) in [5.74, 6) is -0.222. The molecule has 2 fully saturated rings. The zero-order chi connectivity index (χ0) is 29.5. The molecular weight excluding hydrogens is 586 g/mol. The van der Waals surface area contributed by atoms with Crippen molar-refractivity contribution in [2.24, 2.45) is 0 Å². The first-order chi connectivity index (χ1) is 20.2. The van der Waals surface area contributed by atoms with Crippen LogP contribution >= 0.6 is 23.2 Å². The first kappa shape index (κ1) is 28.4. The molecule has 6 rings (SSSR count). The van der Waals surface area contributed by atoms with Crippen LogP contribution in [0.2, 0.25) is 10.2 Å². The van der Waals surface area contributed by atoms with Gasteiger partial charge in [-0.2, -0.15) is 20.1 Å². The van der Waals surface area contributed by atoms with E-state index in [1.54, 1.807) is 11.0 Å². The zero-order valence-corrected chi connectivity index (χ0v) is 24.6. The van der Waals surface area contributed by atoms with Crippen LogP contribution in [0.5, 0.6) is 17.6 Å². The number of likely N-dealkylation sites (tertiary alicyclic amines) is 1. The summed E-state index contributed by atoms with van der Waals surface area (Å²) in [5, 5.41) is 7.62. The second-order valence-electron chi connectivity index (χ2n) is 10.5. The van der Waals surface area contributed by atoms with Gasteiger partial charge in [0.25, 0.3) is 0 Å². The molecule has 2 saturated heterocycles. The van der Waals surface area contributed by atoms with Crippen molar-refractivity contribution >= 4 is 56.7 Å². The number of anilines is 1. The molecule has 0 unspecified atom stereocenters. The van der Waals surface area contributed by atoms with Gasteiger partial charge in [0.05, 0.1) is 22.5 Å². The lowest BCUT2D eigenvalue weighted by molar-refractivity contribution is -0.128. The lowest BCUT2D eigenvalue weighted by Crippen LogP contribution is -2.54. The third-order valence-corrected chi connectivity index (χ3v) is 8.38. The third-order valence-electron chi connectivity index (χ3n) is 7.83. The SMILES string of the molecule is C=CC(=O)N1CCN(c2nc(OC[C@@H]3CCCN3C)nc3c(Oc4c(Cl)c(F)cc5[nH]ncc45)nc(Cl)cc23)C[C@@H]1C. The lowest BCUT2D eigenvalue weighted by Gasteiger charge is -2.40. The summed E-state index contributed by atoms with van der Waals surface area (Å²) < 4.78 is 27.0. The van der Waals surface area contributed by atoms with Crippen molar-refractivity contribution in [3.05, 3.63) is 47.0 Å². The van der Waals surface area contributed by atoms with E-state index in [0.29, 0.717) is 53.9 Å². The Morgan fingerprint density at radius 3 is 2.79 bits per heavy atom. The predicted octanol–water partition coefficient (Wildman–Crippen LogP) is 4.84. The molecule has 4 aromatic rings. The highest BCUT2D eigenvalue weighted by molar-refractivity contribution is 6.33. The highest BCUT2D eigenvalue weighted by atomic mass is 35.5. The van der Waals surface area contributed by atoms with Crippen molar-refractivity contribution in [3.8, 4) is 17.6 Å². The summed E-state index contributed by atoms with van der Waals surface area (Å²) >= 11 is 12.8. The zero-order valence-electron chi connectivity index (χ0n) is 23.1. The van der Waals surface area contributed by atoms with Gasteiger partial charge in [0.2, 0.25) is 11.8 Å². The van der Waals surface area contributed by atoms with Crippen LogP contribution in [0, 0.1) is 5.82 Å². The predicted molar refractivity (Wildman–Crippen MR) is 158 cm³/mol. The van der Waals surface area contributed by atoms with Crippen molar-refractivity contribution in [2.75, 3.05) is 44.7 Å². The first-order valence-corrected chi connectivity index (χ1v) is 14.4. The van der Waals surface area contributed by atoms with E-state index >= 15 is 0 Å². The first-order valence-electron chi connectivity index (χ1n) is 13.6. The Labute approximate surface area is 251 Å². The molecule has 2 aliphatic rings. The fourth-order valence-electron chi connectivity index (χ4n) is 5.57. The van der Waals surface area contributed by atoms with E-state index in [9.17, 15) is 9.18 Å². The number of H-pyrrole nitrogens is 1. The normalized spacial score (nSPS) is 19.5. The number of amides is 1. The van der Waals surface area contributed by atoms with Gasteiger partial charge in [-0.3, -0.25) is 9.89 Å². The minimum Gasteiger partial charge on any atom is -0.462 e. The number of nitrogens with one attached hydrogen (secondary N) is 1. The summed E-state index contributed by atoms with van der Waals surface area (Å²) in [6.45, 7) is 8.47. The van der Waals surface area contributed by atoms with Crippen LogP contribution in [0.25, 0.3) is 21.8 Å². The minimum atomic E-state index is -0.685. The van der Waals surface area contributed by atoms with Gasteiger partial charge in [-0.1, -0.05) is 29.8 Å². The van der Waals surface area contributed by atoms with Crippen molar-refractivity contribution in [1.82, 2.24) is 34.9 Å². The number of carbonyl (C=O) groups is 1. The third kappa shape index (κ3) is 5.30. The molecule has 0 bridgehead atoms. The fraction of sp³-hybridized carbons (Fsp3) is 0.393. The van der Waals surface area contributed by atoms with E-state index in [-0.39, 0.29) is 45.8 Å². The Kier molecular flexibility index (Phi) is 7.77. The van der Waals surface area contributed by atoms with Gasteiger partial charge in [-0.15, -0.1) is 0 Å². The van der Waals surface area contributed by atoms with Gasteiger partial charge in [-0.05, 0) is 45.5 Å². The number of likely N-dealkylation sites (N-methyl/N-ethyl adjacent to an activating group) is 1. The molecule has 1 aromatic carbocycles. The Bertz CT molecular complexity index is 1680. The number of nitrogens with zero attached hydrogens (tertiary/aromatic N) is 7. The molecule has 1 N–H and O–H groups in total. The maximum atomic E-state index is 14.7. The molecule has 42 heavy (non-hydrogen) atoms. The number of rotatable bonds is 7. The number of carbonyl (C=O) groups excluding carboxylic acids is 1. The van der Waals surface area contributed by atoms with E-state index in [0.717, 1.165) is 19.4 Å². The average molecular weight is 615 g/mol. The van der Waals surface area contributed by atoms with Crippen molar-refractivity contribution in [2.45, 2.75) is 31.8 Å².